The molecule has 0 radical (unpaired) electrons. The van der Waals surface area contributed by atoms with Crippen LogP contribution in [0.3, 0.4) is 0 Å². The van der Waals surface area contributed by atoms with Crippen molar-refractivity contribution in [3.05, 3.63) is 0 Å². The van der Waals surface area contributed by atoms with Crippen LogP contribution in [0.15, 0.2) is 0 Å². The van der Waals surface area contributed by atoms with Crippen LogP contribution in [0.4, 0.5) is 0 Å². The third-order valence-corrected chi connectivity index (χ3v) is 1.46. The third kappa shape index (κ3) is 3.49. The lowest BCUT2D eigenvalue weighted by molar-refractivity contribution is 0.342. The molecule has 1 saturated heterocycles. The minimum atomic E-state index is 0.824. The maximum absolute atomic E-state index is 5.46. The van der Waals surface area contributed by atoms with Crippen LogP contribution in [0.5, 0.6) is 0 Å². The summed E-state index contributed by atoms with van der Waals surface area (Å²) in [7, 11) is 0. The van der Waals surface area contributed by atoms with Crippen LogP contribution in [0, 0.1) is 5.92 Å². The number of rotatable bonds is 0. The predicted octanol–water partition coefficient (Wildman–Crippen LogP) is 1.23. The standard InChI is InChI=1S/C5H12N2.C2H6/c1-5-2-3-7(6)4-5;1-2/h5H,2-4,6H2,1H3;1-2H3. The van der Waals surface area contributed by atoms with Crippen LogP contribution in [-0.4, -0.2) is 18.1 Å². The first-order valence-corrected chi connectivity index (χ1v) is 3.78. The van der Waals surface area contributed by atoms with Crippen molar-refractivity contribution < 1.29 is 0 Å². The zero-order valence-corrected chi connectivity index (χ0v) is 6.72. The van der Waals surface area contributed by atoms with E-state index in [2.05, 4.69) is 6.92 Å². The van der Waals surface area contributed by atoms with Gasteiger partial charge in [0.15, 0.2) is 0 Å². The normalized spacial score (nSPS) is 27.3. The quantitative estimate of drug-likeness (QED) is 0.500. The van der Waals surface area contributed by atoms with Crippen LogP contribution >= 0.6 is 0 Å². The Morgan fingerprint density at radius 3 is 2.11 bits per heavy atom. The molecule has 0 amide bonds. The molecule has 2 N–H and O–H groups in total. The fraction of sp³-hybridized carbons (Fsp3) is 1.00. The molecule has 0 aromatic rings. The molecule has 1 rings (SSSR count). The highest BCUT2D eigenvalue weighted by molar-refractivity contribution is 4.66. The first-order valence-electron chi connectivity index (χ1n) is 3.78. The molecule has 0 aromatic heterocycles. The Bertz CT molecular complexity index is 55.9. The summed E-state index contributed by atoms with van der Waals surface area (Å²) < 4.78 is 0. The van der Waals surface area contributed by atoms with Crippen molar-refractivity contribution >= 4 is 0 Å². The number of hydrazine groups is 1. The zero-order chi connectivity index (χ0) is 7.28. The Hall–Kier alpha value is -0.0800. The highest BCUT2D eigenvalue weighted by atomic mass is 15.4. The van der Waals surface area contributed by atoms with E-state index in [-0.39, 0.29) is 0 Å². The van der Waals surface area contributed by atoms with Crippen molar-refractivity contribution in [2.45, 2.75) is 27.2 Å². The van der Waals surface area contributed by atoms with E-state index >= 15 is 0 Å². The lowest BCUT2D eigenvalue weighted by atomic mass is 10.2. The summed E-state index contributed by atoms with van der Waals surface area (Å²) >= 11 is 0. The van der Waals surface area contributed by atoms with E-state index in [9.17, 15) is 0 Å². The highest BCUT2D eigenvalue weighted by Gasteiger charge is 2.13. The summed E-state index contributed by atoms with van der Waals surface area (Å²) in [6.07, 6.45) is 1.27. The van der Waals surface area contributed by atoms with Gasteiger partial charge in [-0.25, -0.2) is 5.01 Å². The monoisotopic (exact) mass is 130 g/mol. The van der Waals surface area contributed by atoms with E-state index < -0.39 is 0 Å². The number of nitrogens with two attached hydrogens (primary N) is 1. The highest BCUT2D eigenvalue weighted by Crippen LogP contribution is 2.09. The average molecular weight is 130 g/mol. The fourth-order valence-corrected chi connectivity index (χ4v) is 0.969. The summed E-state index contributed by atoms with van der Waals surface area (Å²) in [5, 5.41) is 1.88. The van der Waals surface area contributed by atoms with Crippen molar-refractivity contribution in [3.8, 4) is 0 Å². The molecule has 0 spiro atoms. The summed E-state index contributed by atoms with van der Waals surface area (Å²) in [6, 6.07) is 0. The largest absolute Gasteiger partial charge is 0.269 e. The van der Waals surface area contributed by atoms with Crippen LogP contribution in [0.2, 0.25) is 0 Å². The van der Waals surface area contributed by atoms with Gasteiger partial charge in [0.2, 0.25) is 0 Å². The van der Waals surface area contributed by atoms with Crippen molar-refractivity contribution in [1.29, 1.82) is 0 Å². The molecule has 1 aliphatic heterocycles. The average Bonchev–Trinajstić information content (AvgIpc) is 2.20. The molecule has 0 aliphatic carbocycles. The molecular weight excluding hydrogens is 112 g/mol. The van der Waals surface area contributed by atoms with E-state index in [4.69, 9.17) is 5.84 Å². The van der Waals surface area contributed by atoms with Gasteiger partial charge in [-0.05, 0) is 12.3 Å². The van der Waals surface area contributed by atoms with Gasteiger partial charge in [-0.1, -0.05) is 20.8 Å². The second-order valence-electron chi connectivity index (χ2n) is 2.39. The van der Waals surface area contributed by atoms with Crippen LogP contribution in [0.1, 0.15) is 27.2 Å². The molecule has 1 aliphatic rings. The van der Waals surface area contributed by atoms with Gasteiger partial charge in [0.05, 0.1) is 0 Å². The molecule has 1 atom stereocenters. The number of nitrogens with zero attached hydrogens (tertiary/aromatic N) is 1. The summed E-state index contributed by atoms with van der Waals surface area (Å²) in [5.41, 5.74) is 0. The zero-order valence-electron chi connectivity index (χ0n) is 6.72. The van der Waals surface area contributed by atoms with Crippen molar-refractivity contribution in [3.63, 3.8) is 0 Å². The molecule has 0 aromatic carbocycles. The van der Waals surface area contributed by atoms with Crippen molar-refractivity contribution in [2.24, 2.45) is 11.8 Å². The lowest BCUT2D eigenvalue weighted by Gasteiger charge is -2.03. The van der Waals surface area contributed by atoms with Crippen LogP contribution in [-0.2, 0) is 0 Å². The van der Waals surface area contributed by atoms with Gasteiger partial charge in [0.1, 0.15) is 0 Å². The van der Waals surface area contributed by atoms with Crippen LogP contribution in [0.25, 0.3) is 0 Å². The molecule has 1 heterocycles. The molecule has 2 nitrogen and oxygen atoms in total. The second kappa shape index (κ2) is 4.77. The van der Waals surface area contributed by atoms with Crippen LogP contribution < -0.4 is 5.84 Å². The van der Waals surface area contributed by atoms with Gasteiger partial charge < -0.3 is 0 Å². The molecule has 56 valence electrons. The maximum atomic E-state index is 5.46. The van der Waals surface area contributed by atoms with E-state index in [1.807, 2.05) is 18.9 Å². The first-order chi connectivity index (χ1) is 4.29. The SMILES string of the molecule is CC.CC1CCN(N)C1. The van der Waals surface area contributed by atoms with Gasteiger partial charge in [-0.2, -0.15) is 0 Å². The summed E-state index contributed by atoms with van der Waals surface area (Å²) in [6.45, 7) is 8.40. The van der Waals surface area contributed by atoms with E-state index in [1.165, 1.54) is 6.42 Å². The van der Waals surface area contributed by atoms with Gasteiger partial charge in [-0.3, -0.25) is 5.84 Å². The molecule has 0 bridgehead atoms. The van der Waals surface area contributed by atoms with E-state index in [1.54, 1.807) is 0 Å². The van der Waals surface area contributed by atoms with Gasteiger partial charge in [0, 0.05) is 13.1 Å². The molecule has 2 heteroatoms. The summed E-state index contributed by atoms with van der Waals surface area (Å²) in [4.78, 5) is 0. The lowest BCUT2D eigenvalue weighted by Crippen LogP contribution is -2.27. The van der Waals surface area contributed by atoms with Gasteiger partial charge >= 0.3 is 0 Å². The minimum absolute atomic E-state index is 0.824. The third-order valence-electron chi connectivity index (χ3n) is 1.46. The topological polar surface area (TPSA) is 29.3 Å². The Balaban J connectivity index is 0.000000291. The van der Waals surface area contributed by atoms with Crippen molar-refractivity contribution in [2.75, 3.05) is 13.1 Å². The Labute approximate surface area is 58.0 Å². The smallest absolute Gasteiger partial charge is 0.0154 e. The van der Waals surface area contributed by atoms with E-state index in [0.717, 1.165) is 19.0 Å². The summed E-state index contributed by atoms with van der Waals surface area (Å²) in [5.74, 6) is 6.28. The Morgan fingerprint density at radius 2 is 2.00 bits per heavy atom. The first kappa shape index (κ1) is 8.92. The van der Waals surface area contributed by atoms with Crippen molar-refractivity contribution in [1.82, 2.24) is 5.01 Å². The Morgan fingerprint density at radius 1 is 1.44 bits per heavy atom. The molecule has 1 fully saturated rings. The molecular formula is C7H18N2. The minimum Gasteiger partial charge on any atom is -0.269 e. The molecule has 0 saturated carbocycles. The maximum Gasteiger partial charge on any atom is 0.0154 e. The second-order valence-corrected chi connectivity index (χ2v) is 2.39. The fourth-order valence-electron chi connectivity index (χ4n) is 0.969. The number of hydrogen-bond acceptors (Lipinski definition) is 2. The van der Waals surface area contributed by atoms with E-state index in [0.29, 0.717) is 0 Å². The Kier molecular flexibility index (Phi) is 4.72. The predicted molar refractivity (Wildman–Crippen MR) is 40.9 cm³/mol. The molecule has 1 unspecified atom stereocenters. The van der Waals surface area contributed by atoms with Gasteiger partial charge in [0.25, 0.3) is 0 Å². The number of hydrogen-bond donors (Lipinski definition) is 1. The molecule has 9 heavy (non-hydrogen) atoms. The van der Waals surface area contributed by atoms with Gasteiger partial charge in [-0.15, -0.1) is 0 Å².